The summed E-state index contributed by atoms with van der Waals surface area (Å²) >= 11 is 1.76. The highest BCUT2D eigenvalue weighted by Crippen LogP contribution is 2.67. The van der Waals surface area contributed by atoms with Crippen LogP contribution in [-0.2, 0) is 37.2 Å². The SMILES string of the molecule is COc1cc2c(O)cc3c(c2cc1-c1ccc(C)cc1)-c1ccccc1C31CCC(c2ccccc2)(c2ccccc2)CC1.COc1ccc2c3c(cc(O)c2c1)C1(CCC(c2ccccc2)(c2ccccc2)CC1)c1ccccc1-3.CSc1cc2c(O)cc3c(c2cc1N1CCOCC1)-c1ccccc1C31CCC(c2ccccc2)(c2ccccc2)CC1. The van der Waals surface area contributed by atoms with E-state index in [-0.39, 0.29) is 32.5 Å². The molecule has 6 aliphatic carbocycles. The largest absolute Gasteiger partial charge is 0.507 e. The molecule has 1 aliphatic heterocycles. The van der Waals surface area contributed by atoms with Crippen molar-refractivity contribution in [3.8, 4) is 73.3 Å². The molecule has 124 heavy (non-hydrogen) atoms. The van der Waals surface area contributed by atoms with Crippen LogP contribution in [0.5, 0.6) is 28.7 Å². The number of thioether (sulfide) groups is 1. The molecule has 614 valence electrons. The first kappa shape index (κ1) is 78.6. The van der Waals surface area contributed by atoms with Crippen LogP contribution in [0.1, 0.15) is 149 Å². The zero-order valence-electron chi connectivity index (χ0n) is 71.1. The number of phenolic OH excluding ortho intramolecular Hbond substituents is 3. The van der Waals surface area contributed by atoms with E-state index in [0.29, 0.717) is 17.2 Å². The average Bonchev–Trinajstić information content (AvgIpc) is 1.55. The van der Waals surface area contributed by atoms with Gasteiger partial charge in [-0.3, -0.25) is 0 Å². The topological polar surface area (TPSA) is 91.6 Å². The Bertz CT molecular complexity index is 6580. The van der Waals surface area contributed by atoms with E-state index >= 15 is 0 Å². The lowest BCUT2D eigenvalue weighted by Gasteiger charge is -2.47. The van der Waals surface area contributed by atoms with Crippen LogP contribution in [0.4, 0.5) is 5.69 Å². The van der Waals surface area contributed by atoms with Gasteiger partial charge in [0, 0.05) is 72.2 Å². The Kier molecular flexibility index (Phi) is 20.1. The zero-order valence-corrected chi connectivity index (χ0v) is 71.9. The summed E-state index contributed by atoms with van der Waals surface area (Å²) < 4.78 is 17.0. The maximum Gasteiger partial charge on any atom is 0.127 e. The third-order valence-corrected chi connectivity index (χ3v) is 31.2. The molecule has 0 aromatic heterocycles. The van der Waals surface area contributed by atoms with Gasteiger partial charge >= 0.3 is 0 Å². The first-order chi connectivity index (χ1) is 60.8. The lowest BCUT2D eigenvalue weighted by Crippen LogP contribution is -2.40. The smallest absolute Gasteiger partial charge is 0.127 e. The van der Waals surface area contributed by atoms with Crippen LogP contribution < -0.4 is 14.4 Å². The average molecular weight is 1640 g/mol. The van der Waals surface area contributed by atoms with Crippen molar-refractivity contribution in [3.05, 3.63) is 412 Å². The molecule has 0 bridgehead atoms. The number of ether oxygens (including phenoxy) is 3. The molecule has 7 aliphatic rings. The number of hydrogen-bond donors (Lipinski definition) is 3. The van der Waals surface area contributed by atoms with Crippen LogP contribution in [0.15, 0.2) is 345 Å². The van der Waals surface area contributed by atoms with Gasteiger partial charge in [0.1, 0.15) is 28.7 Å². The summed E-state index contributed by atoms with van der Waals surface area (Å²) in [6.45, 7) is 5.39. The molecule has 1 heterocycles. The standard InChI is InChI=1S/C42H36O2.C39H37NO2S.C35H30O2/c1-28-17-19-29(20-18-28)33-25-35-34(26-39(33)44-2)38(43)27-37-40(35)32-15-9-10-16-36(32)42(37)23-21-41(22-24-42,30-11-5-3-6-12-30)31-13-7-4-8-14-31;1-43-36-25-30-31(24-34(36)40-20-22-42-23-21-40)37-29-14-8-9-15-32(29)39(33(37)26-35(30)41)18-16-38(17-19-39,27-10-4-2-5-11-27)28-12-6-3-7-13-28;1-37-26-16-17-27-29(22-26)32(36)23-31-33(27)28-14-8-9-15-30(28)35(31)20-18-34(19-21-35,24-10-4-2-5-11-24)25-12-6-3-7-13-25/h3-20,25-27,43H,21-24H2,1-2H3;2-15,24-26,41H,16-23H2,1H3;2-17,22-23,36H,18-21H2,1H3. The van der Waals surface area contributed by atoms with E-state index in [4.69, 9.17) is 14.2 Å². The van der Waals surface area contributed by atoms with Crippen LogP contribution in [0.2, 0.25) is 0 Å². The van der Waals surface area contributed by atoms with Crippen molar-refractivity contribution >= 4 is 49.8 Å². The third-order valence-electron chi connectivity index (χ3n) is 30.4. The summed E-state index contributed by atoms with van der Waals surface area (Å²) in [7, 11) is 3.38. The first-order valence-corrected chi connectivity index (χ1v) is 45.7. The van der Waals surface area contributed by atoms with Crippen molar-refractivity contribution in [3.63, 3.8) is 0 Å². The third kappa shape index (κ3) is 12.6. The van der Waals surface area contributed by atoms with Crippen molar-refractivity contribution in [2.45, 2.75) is 121 Å². The molecule has 16 aromatic carbocycles. The van der Waals surface area contributed by atoms with E-state index in [2.05, 4.69) is 340 Å². The van der Waals surface area contributed by atoms with Gasteiger partial charge in [0.05, 0.1) is 33.1 Å². The summed E-state index contributed by atoms with van der Waals surface area (Å²) in [4.78, 5) is 3.66. The highest BCUT2D eigenvalue weighted by molar-refractivity contribution is 7.98. The normalized spacial score (nSPS) is 17.1. The highest BCUT2D eigenvalue weighted by Gasteiger charge is 2.55. The molecule has 8 heteroatoms. The fourth-order valence-corrected chi connectivity index (χ4v) is 24.8. The Morgan fingerprint density at radius 1 is 0.298 bits per heavy atom. The minimum absolute atomic E-state index is 0.0161. The predicted octanol–water partition coefficient (Wildman–Crippen LogP) is 27.7. The van der Waals surface area contributed by atoms with E-state index < -0.39 is 0 Å². The summed E-state index contributed by atoms with van der Waals surface area (Å²) in [5.41, 5.74) is 28.4. The van der Waals surface area contributed by atoms with E-state index in [1.807, 2.05) is 18.2 Å². The van der Waals surface area contributed by atoms with Gasteiger partial charge in [-0.15, -0.1) is 11.8 Å². The number of benzene rings is 16. The number of phenols is 3. The van der Waals surface area contributed by atoms with Gasteiger partial charge in [0.15, 0.2) is 0 Å². The monoisotopic (exact) mass is 1640 g/mol. The lowest BCUT2D eigenvalue weighted by atomic mass is 9.56. The second-order valence-electron chi connectivity index (χ2n) is 35.8. The van der Waals surface area contributed by atoms with Crippen LogP contribution in [0.25, 0.3) is 76.8 Å². The maximum atomic E-state index is 11.7. The van der Waals surface area contributed by atoms with Gasteiger partial charge in [-0.05, 0) is 273 Å². The van der Waals surface area contributed by atoms with Gasteiger partial charge in [0.25, 0.3) is 0 Å². The van der Waals surface area contributed by atoms with Crippen LogP contribution in [0.3, 0.4) is 0 Å². The molecule has 1 saturated heterocycles. The second kappa shape index (κ2) is 31.6. The minimum atomic E-state index is -0.158. The van der Waals surface area contributed by atoms with E-state index in [0.717, 1.165) is 153 Å². The Morgan fingerprint density at radius 3 is 0.992 bits per heavy atom. The molecule has 3 N–H and O–H groups in total. The summed E-state index contributed by atoms with van der Waals surface area (Å²) in [5, 5.41) is 40.6. The van der Waals surface area contributed by atoms with E-state index in [1.165, 1.54) is 122 Å². The highest BCUT2D eigenvalue weighted by atomic mass is 32.2. The molecule has 3 spiro atoms. The number of fused-ring (bicyclic) bond motifs is 21. The first-order valence-electron chi connectivity index (χ1n) is 44.5. The number of rotatable bonds is 11. The van der Waals surface area contributed by atoms with E-state index in [1.54, 1.807) is 26.0 Å². The number of nitrogens with zero attached hydrogens (tertiary/aromatic N) is 1. The maximum absolute atomic E-state index is 11.7. The zero-order chi connectivity index (χ0) is 83.9. The molecule has 0 atom stereocenters. The molecule has 7 nitrogen and oxygen atoms in total. The summed E-state index contributed by atoms with van der Waals surface area (Å²) in [6, 6.07) is 123. The fourth-order valence-electron chi connectivity index (χ4n) is 24.2. The predicted molar refractivity (Wildman–Crippen MR) is 510 cm³/mol. The van der Waals surface area contributed by atoms with Gasteiger partial charge in [0.2, 0.25) is 0 Å². The van der Waals surface area contributed by atoms with Gasteiger partial charge < -0.3 is 34.4 Å². The minimum Gasteiger partial charge on any atom is -0.507 e. The van der Waals surface area contributed by atoms with Crippen molar-refractivity contribution in [1.29, 1.82) is 0 Å². The van der Waals surface area contributed by atoms with Crippen molar-refractivity contribution in [2.24, 2.45) is 0 Å². The summed E-state index contributed by atoms with van der Waals surface area (Å²) in [6.07, 6.45) is 14.5. The number of anilines is 1. The van der Waals surface area contributed by atoms with Gasteiger partial charge in [-0.2, -0.15) is 0 Å². The number of aryl methyl sites for hydroxylation is 1. The Morgan fingerprint density at radius 2 is 0.629 bits per heavy atom. The Hall–Kier alpha value is -12.6. The van der Waals surface area contributed by atoms with Crippen molar-refractivity contribution < 1.29 is 29.5 Å². The second-order valence-corrected chi connectivity index (χ2v) is 36.7. The molecule has 4 fully saturated rings. The quantitative estimate of drug-likeness (QED) is 0.110. The Balaban J connectivity index is 0.000000114. The lowest BCUT2D eigenvalue weighted by molar-refractivity contribution is 0.122. The number of methoxy groups -OCH3 is 2. The van der Waals surface area contributed by atoms with Crippen LogP contribution in [0, 0.1) is 6.92 Å². The van der Waals surface area contributed by atoms with Crippen molar-refractivity contribution in [1.82, 2.24) is 0 Å². The number of hydrogen-bond acceptors (Lipinski definition) is 8. The Labute approximate surface area is 732 Å². The van der Waals surface area contributed by atoms with Gasteiger partial charge in [-0.25, -0.2) is 0 Å². The van der Waals surface area contributed by atoms with Crippen molar-refractivity contribution in [2.75, 3.05) is 51.7 Å². The molecule has 0 amide bonds. The molecular formula is C116H103NO6S. The van der Waals surface area contributed by atoms with Crippen LogP contribution in [-0.4, -0.2) is 62.1 Å². The molecule has 3 saturated carbocycles. The fraction of sp³-hybridized carbons (Fsp3) is 0.224. The number of aromatic hydroxyl groups is 3. The molecule has 0 radical (unpaired) electrons. The van der Waals surface area contributed by atoms with E-state index in [9.17, 15) is 15.3 Å². The van der Waals surface area contributed by atoms with Crippen LogP contribution >= 0.6 is 11.8 Å². The molecule has 0 unspecified atom stereocenters. The molecular weight excluding hydrogens is 1540 g/mol. The van der Waals surface area contributed by atoms with Gasteiger partial charge in [-0.1, -0.05) is 285 Å². The molecule has 16 aromatic rings. The summed E-state index contributed by atoms with van der Waals surface area (Å²) in [5.74, 6) is 2.58. The molecule has 23 rings (SSSR count). The number of morpholine rings is 1.